The molecule has 1 fully saturated rings. The number of nitrogens with one attached hydrogen (secondary N) is 1. The van der Waals surface area contributed by atoms with Crippen LogP contribution in [-0.2, 0) is 0 Å². The van der Waals surface area contributed by atoms with E-state index in [0.717, 1.165) is 12.0 Å². The number of aliphatic hydroxyl groups is 1. The summed E-state index contributed by atoms with van der Waals surface area (Å²) in [5.74, 6) is -0.894. The number of carboxylic acid groups (broad SMARTS) is 1. The van der Waals surface area contributed by atoms with Crippen LogP contribution in [0.2, 0.25) is 0 Å². The Balaban J connectivity index is 2.08. The summed E-state index contributed by atoms with van der Waals surface area (Å²) in [6.07, 6.45) is 0.790. The highest BCUT2D eigenvalue weighted by Gasteiger charge is 2.25. The lowest BCUT2D eigenvalue weighted by atomic mass is 10.1. The second-order valence-corrected chi connectivity index (χ2v) is 5.05. The Bertz CT molecular complexity index is 530. The molecule has 1 unspecified atom stereocenters. The van der Waals surface area contributed by atoms with Crippen LogP contribution in [0.3, 0.4) is 0 Å². The summed E-state index contributed by atoms with van der Waals surface area (Å²) in [5.41, 5.74) is 1.45. The first-order valence-corrected chi connectivity index (χ1v) is 6.52. The van der Waals surface area contributed by atoms with Crippen LogP contribution >= 0.6 is 0 Å². The average Bonchev–Trinajstić information content (AvgIpc) is 2.89. The molecular weight excluding hydrogens is 260 g/mol. The Hall–Kier alpha value is -2.08. The molecule has 0 aromatic heterocycles. The first-order valence-electron chi connectivity index (χ1n) is 6.52. The molecule has 1 aromatic carbocycles. The molecule has 1 atom stereocenters. The molecule has 0 aliphatic carbocycles. The summed E-state index contributed by atoms with van der Waals surface area (Å²) in [6.45, 7) is 3.02. The van der Waals surface area contributed by atoms with Gasteiger partial charge in [-0.3, -0.25) is 0 Å². The number of rotatable bonds is 3. The summed E-state index contributed by atoms with van der Waals surface area (Å²) >= 11 is 0. The van der Waals surface area contributed by atoms with E-state index in [1.165, 1.54) is 12.1 Å². The van der Waals surface area contributed by atoms with E-state index in [-0.39, 0.29) is 24.1 Å². The number of carbonyl (C=O) groups is 2. The minimum absolute atomic E-state index is 0.0807. The minimum atomic E-state index is -1.03. The molecule has 108 valence electrons. The molecule has 2 amide bonds. The fourth-order valence-corrected chi connectivity index (χ4v) is 2.25. The molecule has 3 N–H and O–H groups in total. The number of amides is 2. The van der Waals surface area contributed by atoms with Gasteiger partial charge < -0.3 is 20.4 Å². The quantitative estimate of drug-likeness (QED) is 0.782. The van der Waals surface area contributed by atoms with E-state index in [4.69, 9.17) is 10.2 Å². The zero-order valence-electron chi connectivity index (χ0n) is 11.3. The zero-order chi connectivity index (χ0) is 14.7. The van der Waals surface area contributed by atoms with Gasteiger partial charge in [-0.25, -0.2) is 9.59 Å². The topological polar surface area (TPSA) is 89.9 Å². The lowest BCUT2D eigenvalue weighted by molar-refractivity contribution is 0.0697. The van der Waals surface area contributed by atoms with E-state index in [2.05, 4.69) is 5.32 Å². The monoisotopic (exact) mass is 278 g/mol. The Morgan fingerprint density at radius 2 is 2.20 bits per heavy atom. The number of benzene rings is 1. The number of carboxylic acids is 1. The number of anilines is 1. The van der Waals surface area contributed by atoms with Crippen molar-refractivity contribution < 1.29 is 19.8 Å². The van der Waals surface area contributed by atoms with Crippen molar-refractivity contribution in [1.29, 1.82) is 0 Å². The number of hydrogen-bond acceptors (Lipinski definition) is 3. The fraction of sp³-hybridized carbons (Fsp3) is 0.429. The molecule has 1 aliphatic heterocycles. The summed E-state index contributed by atoms with van der Waals surface area (Å²) in [6, 6.07) is 4.37. The number of nitrogens with zero attached hydrogens (tertiary/aromatic N) is 1. The van der Waals surface area contributed by atoms with Crippen molar-refractivity contribution in [3.63, 3.8) is 0 Å². The SMILES string of the molecule is Cc1ccc(C(=O)O)cc1NC(=O)N1CCC(CO)C1. The van der Waals surface area contributed by atoms with E-state index < -0.39 is 5.97 Å². The van der Waals surface area contributed by atoms with E-state index >= 15 is 0 Å². The van der Waals surface area contributed by atoms with E-state index in [1.807, 2.05) is 6.92 Å². The number of carbonyl (C=O) groups excluding carboxylic acids is 1. The molecular formula is C14H18N2O4. The van der Waals surface area contributed by atoms with Crippen LogP contribution in [0.4, 0.5) is 10.5 Å². The number of aryl methyl sites for hydroxylation is 1. The number of urea groups is 1. The van der Waals surface area contributed by atoms with Crippen molar-refractivity contribution in [2.75, 3.05) is 25.0 Å². The van der Waals surface area contributed by atoms with E-state index in [9.17, 15) is 9.59 Å². The second kappa shape index (κ2) is 5.92. The zero-order valence-corrected chi connectivity index (χ0v) is 11.3. The Morgan fingerprint density at radius 1 is 1.45 bits per heavy atom. The van der Waals surface area contributed by atoms with Crippen LogP contribution in [0.5, 0.6) is 0 Å². The minimum Gasteiger partial charge on any atom is -0.478 e. The maximum absolute atomic E-state index is 12.1. The molecule has 1 aromatic rings. The van der Waals surface area contributed by atoms with Crippen molar-refractivity contribution in [2.24, 2.45) is 5.92 Å². The lowest BCUT2D eigenvalue weighted by Gasteiger charge is -2.18. The van der Waals surface area contributed by atoms with Crippen molar-refractivity contribution in [1.82, 2.24) is 4.90 Å². The van der Waals surface area contributed by atoms with Gasteiger partial charge in [0.2, 0.25) is 0 Å². The number of aliphatic hydroxyl groups excluding tert-OH is 1. The highest BCUT2D eigenvalue weighted by atomic mass is 16.4. The van der Waals surface area contributed by atoms with Crippen molar-refractivity contribution in [3.05, 3.63) is 29.3 Å². The van der Waals surface area contributed by atoms with Crippen LogP contribution < -0.4 is 5.32 Å². The van der Waals surface area contributed by atoms with Gasteiger partial charge >= 0.3 is 12.0 Å². The average molecular weight is 278 g/mol. The Labute approximate surface area is 117 Å². The molecule has 0 saturated carbocycles. The summed E-state index contributed by atoms with van der Waals surface area (Å²) in [5, 5.41) is 20.8. The maximum Gasteiger partial charge on any atom is 0.335 e. The van der Waals surface area contributed by atoms with Gasteiger partial charge in [-0.1, -0.05) is 6.07 Å². The molecule has 20 heavy (non-hydrogen) atoms. The van der Waals surface area contributed by atoms with Crippen LogP contribution in [0.15, 0.2) is 18.2 Å². The third-order valence-electron chi connectivity index (χ3n) is 3.56. The van der Waals surface area contributed by atoms with Gasteiger partial charge in [0.15, 0.2) is 0 Å². The van der Waals surface area contributed by atoms with Crippen molar-refractivity contribution in [2.45, 2.75) is 13.3 Å². The fourth-order valence-electron chi connectivity index (χ4n) is 2.25. The summed E-state index contributed by atoms with van der Waals surface area (Å²) in [4.78, 5) is 24.7. The second-order valence-electron chi connectivity index (χ2n) is 5.05. The van der Waals surface area contributed by atoms with Gasteiger partial charge in [-0.15, -0.1) is 0 Å². The predicted octanol–water partition coefficient (Wildman–Crippen LogP) is 1.54. The number of likely N-dealkylation sites (tertiary alicyclic amines) is 1. The molecule has 1 heterocycles. The van der Waals surface area contributed by atoms with Crippen LogP contribution in [0.1, 0.15) is 22.3 Å². The van der Waals surface area contributed by atoms with Crippen LogP contribution in [0.25, 0.3) is 0 Å². The van der Waals surface area contributed by atoms with Crippen molar-refractivity contribution >= 4 is 17.7 Å². The molecule has 6 nitrogen and oxygen atoms in total. The Morgan fingerprint density at radius 3 is 2.80 bits per heavy atom. The van der Waals surface area contributed by atoms with E-state index in [0.29, 0.717) is 18.8 Å². The van der Waals surface area contributed by atoms with Gasteiger partial charge in [-0.2, -0.15) is 0 Å². The van der Waals surface area contributed by atoms with Gasteiger partial charge in [0.1, 0.15) is 0 Å². The van der Waals surface area contributed by atoms with E-state index in [1.54, 1.807) is 11.0 Å². The largest absolute Gasteiger partial charge is 0.478 e. The molecule has 6 heteroatoms. The molecule has 0 bridgehead atoms. The predicted molar refractivity (Wildman–Crippen MR) is 73.9 cm³/mol. The van der Waals surface area contributed by atoms with Gasteiger partial charge in [0, 0.05) is 31.3 Å². The van der Waals surface area contributed by atoms with Gasteiger partial charge in [-0.05, 0) is 31.0 Å². The molecule has 0 radical (unpaired) electrons. The summed E-state index contributed by atoms with van der Waals surface area (Å²) < 4.78 is 0. The molecule has 1 aliphatic rings. The lowest BCUT2D eigenvalue weighted by Crippen LogP contribution is -2.33. The first kappa shape index (κ1) is 14.3. The smallest absolute Gasteiger partial charge is 0.335 e. The normalized spacial score (nSPS) is 18.1. The van der Waals surface area contributed by atoms with Crippen LogP contribution in [-0.4, -0.2) is 46.8 Å². The molecule has 1 saturated heterocycles. The summed E-state index contributed by atoms with van der Waals surface area (Å²) in [7, 11) is 0. The molecule has 0 spiro atoms. The highest BCUT2D eigenvalue weighted by Crippen LogP contribution is 2.20. The van der Waals surface area contributed by atoms with Gasteiger partial charge in [0.25, 0.3) is 0 Å². The number of hydrogen-bond donors (Lipinski definition) is 3. The number of aromatic carboxylic acids is 1. The first-order chi connectivity index (χ1) is 9.51. The van der Waals surface area contributed by atoms with Gasteiger partial charge in [0.05, 0.1) is 5.56 Å². The molecule has 2 rings (SSSR count). The maximum atomic E-state index is 12.1. The third-order valence-corrected chi connectivity index (χ3v) is 3.56. The third kappa shape index (κ3) is 3.08. The van der Waals surface area contributed by atoms with Crippen molar-refractivity contribution in [3.8, 4) is 0 Å². The highest BCUT2D eigenvalue weighted by molar-refractivity contribution is 5.94. The van der Waals surface area contributed by atoms with Crippen LogP contribution in [0, 0.1) is 12.8 Å². The standard InChI is InChI=1S/C14H18N2O4/c1-9-2-3-11(13(18)19)6-12(9)15-14(20)16-5-4-10(7-16)8-17/h2-3,6,10,17H,4-5,7-8H2,1H3,(H,15,20)(H,18,19). The Kier molecular flexibility index (Phi) is 4.24.